The van der Waals surface area contributed by atoms with E-state index in [4.69, 9.17) is 16.7 Å². The van der Waals surface area contributed by atoms with Gasteiger partial charge >= 0.3 is 0 Å². The molecule has 0 aliphatic carbocycles. The smallest absolute Gasteiger partial charge is 0.151 e. The van der Waals surface area contributed by atoms with Crippen molar-refractivity contribution in [1.82, 2.24) is 10.2 Å². The van der Waals surface area contributed by atoms with Gasteiger partial charge in [-0.15, -0.1) is 10.2 Å². The van der Waals surface area contributed by atoms with Crippen molar-refractivity contribution in [3.8, 4) is 0 Å². The Labute approximate surface area is 94.7 Å². The molecule has 0 radical (unpaired) electrons. The second-order valence-electron chi connectivity index (χ2n) is 3.31. The van der Waals surface area contributed by atoms with E-state index >= 15 is 0 Å². The highest BCUT2D eigenvalue weighted by Crippen LogP contribution is 2.06. The summed E-state index contributed by atoms with van der Waals surface area (Å²) in [6.45, 7) is 1.16. The van der Waals surface area contributed by atoms with Crippen LogP contribution in [0.3, 0.4) is 0 Å². The van der Waals surface area contributed by atoms with Crippen molar-refractivity contribution >= 4 is 17.4 Å². The van der Waals surface area contributed by atoms with E-state index in [9.17, 15) is 0 Å². The normalized spacial score (nSPS) is 10.3. The van der Waals surface area contributed by atoms with Crippen LogP contribution in [0.2, 0.25) is 5.15 Å². The third kappa shape index (κ3) is 5.54. The topological polar surface area (TPSA) is 58.0 Å². The Hall–Kier alpha value is -0.870. The quantitative estimate of drug-likeness (QED) is 0.703. The van der Waals surface area contributed by atoms with Gasteiger partial charge in [-0.1, -0.05) is 24.4 Å². The first-order valence-corrected chi connectivity index (χ1v) is 5.54. The van der Waals surface area contributed by atoms with Crippen LogP contribution in [0.1, 0.15) is 25.7 Å². The zero-order valence-electron chi connectivity index (χ0n) is 8.62. The summed E-state index contributed by atoms with van der Waals surface area (Å²) in [5.41, 5.74) is 0. The van der Waals surface area contributed by atoms with Crippen molar-refractivity contribution in [2.24, 2.45) is 0 Å². The predicted octanol–water partition coefficient (Wildman–Crippen LogP) is 2.09. The van der Waals surface area contributed by atoms with Crippen LogP contribution in [0.4, 0.5) is 5.82 Å². The zero-order chi connectivity index (χ0) is 10.9. The van der Waals surface area contributed by atoms with E-state index in [0.717, 1.165) is 38.0 Å². The van der Waals surface area contributed by atoms with E-state index in [1.807, 2.05) is 6.07 Å². The lowest BCUT2D eigenvalue weighted by Crippen LogP contribution is -2.03. The zero-order valence-corrected chi connectivity index (χ0v) is 9.37. The maximum atomic E-state index is 8.58. The molecule has 0 atom stereocenters. The molecule has 0 aromatic carbocycles. The van der Waals surface area contributed by atoms with Crippen molar-refractivity contribution in [2.45, 2.75) is 25.7 Å². The number of aromatic nitrogens is 2. The number of anilines is 1. The molecule has 1 heterocycles. The van der Waals surface area contributed by atoms with E-state index in [-0.39, 0.29) is 6.61 Å². The molecule has 2 N–H and O–H groups in total. The van der Waals surface area contributed by atoms with Gasteiger partial charge in [0.1, 0.15) is 5.82 Å². The van der Waals surface area contributed by atoms with Crippen molar-refractivity contribution in [3.63, 3.8) is 0 Å². The Morgan fingerprint density at radius 3 is 2.60 bits per heavy atom. The van der Waals surface area contributed by atoms with Crippen LogP contribution < -0.4 is 5.32 Å². The van der Waals surface area contributed by atoms with E-state index in [0.29, 0.717) is 5.15 Å². The fraction of sp³-hybridized carbons (Fsp3) is 0.600. The molecular formula is C10H16ClN3O. The number of unbranched alkanes of at least 4 members (excludes halogenated alkanes) is 3. The van der Waals surface area contributed by atoms with Crippen LogP contribution in [-0.2, 0) is 0 Å². The second-order valence-corrected chi connectivity index (χ2v) is 3.69. The summed E-state index contributed by atoms with van der Waals surface area (Å²) in [5, 5.41) is 19.7. The number of hydrogen-bond donors (Lipinski definition) is 2. The standard InChI is InChI=1S/C10H16ClN3O/c11-9-5-6-10(14-13-9)12-7-3-1-2-4-8-15/h5-6,15H,1-4,7-8H2,(H,12,14). The number of rotatable bonds is 7. The molecule has 1 aromatic heterocycles. The number of nitrogens with one attached hydrogen (secondary N) is 1. The number of nitrogens with zero attached hydrogens (tertiary/aromatic N) is 2. The number of halogens is 1. The first-order valence-electron chi connectivity index (χ1n) is 5.17. The highest BCUT2D eigenvalue weighted by Gasteiger charge is 1.94. The average Bonchev–Trinajstić information content (AvgIpc) is 2.26. The summed E-state index contributed by atoms with van der Waals surface area (Å²) in [5.74, 6) is 0.751. The van der Waals surface area contributed by atoms with E-state index in [1.165, 1.54) is 0 Å². The molecule has 0 aliphatic rings. The summed E-state index contributed by atoms with van der Waals surface area (Å²) in [7, 11) is 0. The van der Waals surface area contributed by atoms with Crippen molar-refractivity contribution in [3.05, 3.63) is 17.3 Å². The average molecular weight is 230 g/mol. The molecule has 84 valence electrons. The Bertz CT molecular complexity index is 266. The van der Waals surface area contributed by atoms with Gasteiger partial charge in [-0.3, -0.25) is 0 Å². The number of aliphatic hydroxyl groups excluding tert-OH is 1. The third-order valence-corrected chi connectivity index (χ3v) is 2.22. The summed E-state index contributed by atoms with van der Waals surface area (Å²) >= 11 is 5.61. The largest absolute Gasteiger partial charge is 0.396 e. The monoisotopic (exact) mass is 229 g/mol. The lowest BCUT2D eigenvalue weighted by atomic mass is 10.2. The molecule has 0 fully saturated rings. The molecule has 0 aliphatic heterocycles. The van der Waals surface area contributed by atoms with Gasteiger partial charge in [-0.05, 0) is 25.0 Å². The van der Waals surface area contributed by atoms with Crippen LogP contribution in [0.15, 0.2) is 12.1 Å². The highest BCUT2D eigenvalue weighted by atomic mass is 35.5. The molecule has 5 heteroatoms. The second kappa shape index (κ2) is 7.43. The molecule has 0 saturated carbocycles. The van der Waals surface area contributed by atoms with Crippen LogP contribution in [0.25, 0.3) is 0 Å². The molecular weight excluding hydrogens is 214 g/mol. The fourth-order valence-corrected chi connectivity index (χ4v) is 1.32. The molecule has 0 spiro atoms. The molecule has 0 amide bonds. The van der Waals surface area contributed by atoms with Gasteiger partial charge in [0.2, 0.25) is 0 Å². The SMILES string of the molecule is OCCCCCCNc1ccc(Cl)nn1. The first-order chi connectivity index (χ1) is 7.33. The minimum absolute atomic E-state index is 0.288. The molecule has 0 unspecified atom stereocenters. The van der Waals surface area contributed by atoms with Crippen molar-refractivity contribution in [2.75, 3.05) is 18.5 Å². The van der Waals surface area contributed by atoms with E-state index in [1.54, 1.807) is 6.07 Å². The molecule has 1 rings (SSSR count). The lowest BCUT2D eigenvalue weighted by molar-refractivity contribution is 0.283. The van der Waals surface area contributed by atoms with Crippen LogP contribution in [0.5, 0.6) is 0 Å². The molecule has 4 nitrogen and oxygen atoms in total. The number of aliphatic hydroxyl groups is 1. The summed E-state index contributed by atoms with van der Waals surface area (Å²) in [4.78, 5) is 0. The maximum absolute atomic E-state index is 8.58. The fourth-order valence-electron chi connectivity index (χ4n) is 1.22. The van der Waals surface area contributed by atoms with Crippen LogP contribution in [0, 0.1) is 0 Å². The minimum atomic E-state index is 0.288. The minimum Gasteiger partial charge on any atom is -0.396 e. The first kappa shape index (κ1) is 12.2. The summed E-state index contributed by atoms with van der Waals surface area (Å²) < 4.78 is 0. The highest BCUT2D eigenvalue weighted by molar-refractivity contribution is 6.29. The third-order valence-electron chi connectivity index (χ3n) is 2.02. The molecule has 1 aromatic rings. The van der Waals surface area contributed by atoms with Crippen LogP contribution in [-0.4, -0.2) is 28.5 Å². The molecule has 0 saturated heterocycles. The van der Waals surface area contributed by atoms with Crippen LogP contribution >= 0.6 is 11.6 Å². The Balaban J connectivity index is 2.07. The van der Waals surface area contributed by atoms with E-state index in [2.05, 4.69) is 15.5 Å². The van der Waals surface area contributed by atoms with Gasteiger partial charge < -0.3 is 10.4 Å². The predicted molar refractivity (Wildman–Crippen MR) is 61.1 cm³/mol. The van der Waals surface area contributed by atoms with Crippen molar-refractivity contribution in [1.29, 1.82) is 0 Å². The van der Waals surface area contributed by atoms with Gasteiger partial charge in [-0.25, -0.2) is 0 Å². The van der Waals surface area contributed by atoms with Gasteiger partial charge in [0.15, 0.2) is 5.15 Å². The maximum Gasteiger partial charge on any atom is 0.151 e. The van der Waals surface area contributed by atoms with Crippen molar-refractivity contribution < 1.29 is 5.11 Å². The Morgan fingerprint density at radius 2 is 1.93 bits per heavy atom. The van der Waals surface area contributed by atoms with Gasteiger partial charge in [0.25, 0.3) is 0 Å². The van der Waals surface area contributed by atoms with Gasteiger partial charge in [0, 0.05) is 13.2 Å². The molecule has 0 bridgehead atoms. The van der Waals surface area contributed by atoms with E-state index < -0.39 is 0 Å². The lowest BCUT2D eigenvalue weighted by Gasteiger charge is -2.03. The Kier molecular flexibility index (Phi) is 6.04. The summed E-state index contributed by atoms with van der Waals surface area (Å²) in [6.07, 6.45) is 4.16. The summed E-state index contributed by atoms with van der Waals surface area (Å²) in [6, 6.07) is 3.52. The number of hydrogen-bond acceptors (Lipinski definition) is 4. The Morgan fingerprint density at radius 1 is 1.13 bits per heavy atom. The molecule has 15 heavy (non-hydrogen) atoms. The van der Waals surface area contributed by atoms with Gasteiger partial charge in [0.05, 0.1) is 0 Å². The van der Waals surface area contributed by atoms with Gasteiger partial charge in [-0.2, -0.15) is 0 Å².